The van der Waals surface area contributed by atoms with Crippen molar-refractivity contribution in [2.75, 3.05) is 6.61 Å². The maximum absolute atomic E-state index is 11.9. The standard InChI is InChI=1S/C9H17O4P/c1-3-12-14(11,8(2)10)13-9-6-4-5-7-9/h9H,3-7H2,1-2H3. The molecule has 0 saturated heterocycles. The van der Waals surface area contributed by atoms with Gasteiger partial charge in [0.2, 0.25) is 5.52 Å². The third kappa shape index (κ3) is 2.91. The molecule has 0 spiro atoms. The van der Waals surface area contributed by atoms with Crippen molar-refractivity contribution in [3.05, 3.63) is 0 Å². The highest BCUT2D eigenvalue weighted by Crippen LogP contribution is 2.51. The maximum Gasteiger partial charge on any atom is 0.396 e. The normalized spacial score (nSPS) is 22.1. The summed E-state index contributed by atoms with van der Waals surface area (Å²) in [6.07, 6.45) is 3.86. The van der Waals surface area contributed by atoms with Crippen LogP contribution in [0, 0.1) is 0 Å². The van der Waals surface area contributed by atoms with E-state index >= 15 is 0 Å². The molecule has 0 aromatic rings. The lowest BCUT2D eigenvalue weighted by atomic mass is 10.3. The number of rotatable bonds is 5. The van der Waals surface area contributed by atoms with Gasteiger partial charge in [-0.2, -0.15) is 0 Å². The zero-order chi connectivity index (χ0) is 10.6. The molecule has 82 valence electrons. The van der Waals surface area contributed by atoms with Gasteiger partial charge in [0, 0.05) is 6.92 Å². The first-order chi connectivity index (χ1) is 6.58. The van der Waals surface area contributed by atoms with Crippen LogP contribution in [0.1, 0.15) is 39.5 Å². The minimum Gasteiger partial charge on any atom is -0.303 e. The van der Waals surface area contributed by atoms with Crippen LogP contribution in [0.25, 0.3) is 0 Å². The summed E-state index contributed by atoms with van der Waals surface area (Å²) in [4.78, 5) is 11.1. The molecule has 1 atom stereocenters. The molecule has 0 N–H and O–H groups in total. The summed E-state index contributed by atoms with van der Waals surface area (Å²) in [6, 6.07) is 0. The lowest BCUT2D eigenvalue weighted by Crippen LogP contribution is -2.11. The fraction of sp³-hybridized carbons (Fsp3) is 0.889. The lowest BCUT2D eigenvalue weighted by molar-refractivity contribution is -0.112. The molecular weight excluding hydrogens is 203 g/mol. The van der Waals surface area contributed by atoms with Crippen molar-refractivity contribution in [1.82, 2.24) is 0 Å². The van der Waals surface area contributed by atoms with E-state index in [0.717, 1.165) is 25.7 Å². The predicted molar refractivity (Wildman–Crippen MR) is 53.3 cm³/mol. The fourth-order valence-corrected chi connectivity index (χ4v) is 2.89. The van der Waals surface area contributed by atoms with Crippen molar-refractivity contribution in [1.29, 1.82) is 0 Å². The fourth-order valence-electron chi connectivity index (χ4n) is 1.56. The lowest BCUT2D eigenvalue weighted by Gasteiger charge is -2.18. The van der Waals surface area contributed by atoms with Gasteiger partial charge in [-0.25, -0.2) is 0 Å². The van der Waals surface area contributed by atoms with Crippen molar-refractivity contribution >= 4 is 13.1 Å². The van der Waals surface area contributed by atoms with Crippen LogP contribution in [-0.4, -0.2) is 18.2 Å². The molecule has 1 aliphatic carbocycles. The average Bonchev–Trinajstić information content (AvgIpc) is 2.56. The summed E-state index contributed by atoms with van der Waals surface area (Å²) in [5, 5.41) is 0. The molecule has 5 heteroatoms. The van der Waals surface area contributed by atoms with Gasteiger partial charge in [0.25, 0.3) is 0 Å². The van der Waals surface area contributed by atoms with Gasteiger partial charge in [0.1, 0.15) is 0 Å². The predicted octanol–water partition coefficient (Wildman–Crippen LogP) is 2.72. The summed E-state index contributed by atoms with van der Waals surface area (Å²) in [6.45, 7) is 3.20. The van der Waals surface area contributed by atoms with Crippen LogP contribution in [0.3, 0.4) is 0 Å². The smallest absolute Gasteiger partial charge is 0.303 e. The van der Waals surface area contributed by atoms with Crippen LogP contribution in [0.2, 0.25) is 0 Å². The van der Waals surface area contributed by atoms with Gasteiger partial charge >= 0.3 is 7.60 Å². The third-order valence-electron chi connectivity index (χ3n) is 2.27. The van der Waals surface area contributed by atoms with E-state index < -0.39 is 13.1 Å². The number of carbonyl (C=O) groups is 1. The van der Waals surface area contributed by atoms with Crippen molar-refractivity contribution in [3.63, 3.8) is 0 Å². The van der Waals surface area contributed by atoms with Crippen molar-refractivity contribution in [2.45, 2.75) is 45.6 Å². The Morgan fingerprint density at radius 1 is 1.43 bits per heavy atom. The zero-order valence-corrected chi connectivity index (χ0v) is 9.59. The van der Waals surface area contributed by atoms with Crippen molar-refractivity contribution in [3.8, 4) is 0 Å². The second kappa shape index (κ2) is 5.06. The van der Waals surface area contributed by atoms with E-state index in [-0.39, 0.29) is 12.7 Å². The highest BCUT2D eigenvalue weighted by Gasteiger charge is 2.34. The average molecular weight is 220 g/mol. The Morgan fingerprint density at radius 2 is 2.00 bits per heavy atom. The molecule has 1 fully saturated rings. The molecule has 1 aliphatic rings. The van der Waals surface area contributed by atoms with E-state index in [4.69, 9.17) is 9.05 Å². The monoisotopic (exact) mass is 220 g/mol. The molecule has 1 unspecified atom stereocenters. The summed E-state index contributed by atoms with van der Waals surface area (Å²) < 4.78 is 22.1. The summed E-state index contributed by atoms with van der Waals surface area (Å²) in [5.41, 5.74) is -0.494. The Bertz CT molecular complexity index is 245. The van der Waals surface area contributed by atoms with Crippen LogP contribution in [0.15, 0.2) is 0 Å². The molecule has 0 heterocycles. The Hall–Kier alpha value is -0.180. The van der Waals surface area contributed by atoms with Crippen molar-refractivity contribution < 1.29 is 18.4 Å². The minimum absolute atomic E-state index is 0.0590. The number of hydrogen-bond donors (Lipinski definition) is 0. The molecule has 1 saturated carbocycles. The number of hydrogen-bond acceptors (Lipinski definition) is 4. The van der Waals surface area contributed by atoms with Gasteiger partial charge in [-0.05, 0) is 19.8 Å². The number of carbonyl (C=O) groups excluding carboxylic acids is 1. The van der Waals surface area contributed by atoms with E-state index in [9.17, 15) is 9.36 Å². The third-order valence-corrected chi connectivity index (χ3v) is 4.22. The van der Waals surface area contributed by atoms with Gasteiger partial charge < -0.3 is 4.52 Å². The second-order valence-corrected chi connectivity index (χ2v) is 5.54. The maximum atomic E-state index is 11.9. The van der Waals surface area contributed by atoms with Gasteiger partial charge in [0.05, 0.1) is 12.7 Å². The highest BCUT2D eigenvalue weighted by molar-refractivity contribution is 7.71. The van der Waals surface area contributed by atoms with Crippen molar-refractivity contribution in [2.24, 2.45) is 0 Å². The Morgan fingerprint density at radius 3 is 2.43 bits per heavy atom. The Balaban J connectivity index is 2.58. The van der Waals surface area contributed by atoms with Crippen LogP contribution in [0.4, 0.5) is 0 Å². The summed E-state index contributed by atoms with van der Waals surface area (Å²) in [5.74, 6) is 0. The minimum atomic E-state index is -3.48. The summed E-state index contributed by atoms with van der Waals surface area (Å²) in [7, 11) is -3.48. The van der Waals surface area contributed by atoms with Gasteiger partial charge in [-0.3, -0.25) is 13.9 Å². The molecule has 0 amide bonds. The first-order valence-electron chi connectivity index (χ1n) is 5.02. The molecule has 0 aromatic heterocycles. The van der Waals surface area contributed by atoms with Crippen LogP contribution >= 0.6 is 7.60 Å². The van der Waals surface area contributed by atoms with Crippen LogP contribution in [0.5, 0.6) is 0 Å². The van der Waals surface area contributed by atoms with E-state index in [1.807, 2.05) is 0 Å². The molecule has 1 rings (SSSR count). The SMILES string of the molecule is CCOP(=O)(OC1CCCC1)C(C)=O. The van der Waals surface area contributed by atoms with E-state index in [0.29, 0.717) is 0 Å². The Kier molecular flexibility index (Phi) is 4.30. The zero-order valence-electron chi connectivity index (χ0n) is 8.69. The van der Waals surface area contributed by atoms with E-state index in [2.05, 4.69) is 0 Å². The molecule has 4 nitrogen and oxygen atoms in total. The van der Waals surface area contributed by atoms with Gasteiger partial charge in [-0.15, -0.1) is 0 Å². The molecular formula is C9H17O4P. The largest absolute Gasteiger partial charge is 0.396 e. The van der Waals surface area contributed by atoms with E-state index in [1.165, 1.54) is 6.92 Å². The van der Waals surface area contributed by atoms with Crippen LogP contribution < -0.4 is 0 Å². The summed E-state index contributed by atoms with van der Waals surface area (Å²) >= 11 is 0. The van der Waals surface area contributed by atoms with Crippen LogP contribution in [-0.2, 0) is 18.4 Å². The first kappa shape index (κ1) is 11.9. The van der Waals surface area contributed by atoms with Gasteiger partial charge in [0.15, 0.2) is 0 Å². The topological polar surface area (TPSA) is 52.6 Å². The Labute approximate surface area is 84.5 Å². The molecule has 0 bridgehead atoms. The molecule has 0 aliphatic heterocycles. The van der Waals surface area contributed by atoms with Gasteiger partial charge in [-0.1, -0.05) is 12.8 Å². The molecule has 14 heavy (non-hydrogen) atoms. The molecule has 0 aromatic carbocycles. The molecule has 0 radical (unpaired) electrons. The van der Waals surface area contributed by atoms with E-state index in [1.54, 1.807) is 6.92 Å². The first-order valence-corrected chi connectivity index (χ1v) is 6.57. The quantitative estimate of drug-likeness (QED) is 0.668. The second-order valence-electron chi connectivity index (χ2n) is 3.45. The highest BCUT2D eigenvalue weighted by atomic mass is 31.2.